The summed E-state index contributed by atoms with van der Waals surface area (Å²) in [5.41, 5.74) is 1.90. The molecule has 2 fully saturated rings. The Kier molecular flexibility index (Phi) is 3.38. The van der Waals surface area contributed by atoms with Crippen molar-refractivity contribution in [3.05, 3.63) is 34.9 Å². The average molecular weight is 264 g/mol. The highest BCUT2D eigenvalue weighted by Crippen LogP contribution is 2.57. The van der Waals surface area contributed by atoms with E-state index in [1.54, 1.807) is 0 Å². The first-order chi connectivity index (χ1) is 8.72. The van der Waals surface area contributed by atoms with E-state index >= 15 is 0 Å². The summed E-state index contributed by atoms with van der Waals surface area (Å²) in [7, 11) is 2.09. The van der Waals surface area contributed by atoms with E-state index in [-0.39, 0.29) is 0 Å². The van der Waals surface area contributed by atoms with Crippen LogP contribution in [0.5, 0.6) is 0 Å². The van der Waals surface area contributed by atoms with E-state index < -0.39 is 0 Å². The summed E-state index contributed by atoms with van der Waals surface area (Å²) >= 11 is 6.12. The summed E-state index contributed by atoms with van der Waals surface area (Å²) in [5, 5.41) is 4.31. The summed E-state index contributed by atoms with van der Waals surface area (Å²) in [6.07, 6.45) is 6.96. The molecule has 2 bridgehead atoms. The fourth-order valence-electron chi connectivity index (χ4n) is 4.46. The molecule has 1 aromatic carbocycles. The Morgan fingerprint density at radius 2 is 2.28 bits per heavy atom. The van der Waals surface area contributed by atoms with Gasteiger partial charge in [-0.2, -0.15) is 0 Å². The number of hydrogen-bond donors (Lipinski definition) is 1. The molecule has 0 aromatic heterocycles. The average Bonchev–Trinajstić information content (AvgIpc) is 2.89. The minimum absolute atomic E-state index is 0.488. The molecule has 0 radical (unpaired) electrons. The summed E-state index contributed by atoms with van der Waals surface area (Å²) in [6.45, 7) is 1.15. The molecule has 2 aliphatic rings. The zero-order valence-electron chi connectivity index (χ0n) is 11.1. The largest absolute Gasteiger partial charge is 0.319 e. The van der Waals surface area contributed by atoms with Crippen molar-refractivity contribution in [1.29, 1.82) is 0 Å². The van der Waals surface area contributed by atoms with E-state index in [9.17, 15) is 0 Å². The predicted octanol–water partition coefficient (Wildman–Crippen LogP) is 3.91. The van der Waals surface area contributed by atoms with Gasteiger partial charge in [-0.05, 0) is 67.7 Å². The Hall–Kier alpha value is -0.530. The highest BCUT2D eigenvalue weighted by atomic mass is 35.5. The fraction of sp³-hybridized carbons (Fsp3) is 0.625. The molecule has 0 aliphatic heterocycles. The predicted molar refractivity (Wildman–Crippen MR) is 77.0 cm³/mol. The topological polar surface area (TPSA) is 12.0 Å². The van der Waals surface area contributed by atoms with Crippen molar-refractivity contribution in [3.63, 3.8) is 0 Å². The summed E-state index contributed by atoms with van der Waals surface area (Å²) in [4.78, 5) is 0. The second-order valence-corrected chi connectivity index (χ2v) is 6.72. The van der Waals surface area contributed by atoms with Crippen LogP contribution >= 0.6 is 11.6 Å². The van der Waals surface area contributed by atoms with Gasteiger partial charge in [0.05, 0.1) is 0 Å². The van der Waals surface area contributed by atoms with Crippen LogP contribution < -0.4 is 5.32 Å². The monoisotopic (exact) mass is 263 g/mol. The van der Waals surface area contributed by atoms with E-state index in [0.717, 1.165) is 23.4 Å². The molecule has 98 valence electrons. The lowest BCUT2D eigenvalue weighted by atomic mass is 9.69. The van der Waals surface area contributed by atoms with Gasteiger partial charge in [0.1, 0.15) is 0 Å². The number of halogens is 1. The normalized spacial score (nSPS) is 34.1. The first-order valence-electron chi connectivity index (χ1n) is 7.11. The number of fused-ring (bicyclic) bond motifs is 2. The molecule has 1 nitrogen and oxygen atoms in total. The number of hydrogen-bond acceptors (Lipinski definition) is 1. The third-order valence-electron chi connectivity index (χ3n) is 5.08. The Bertz CT molecular complexity index is 431. The first kappa shape index (κ1) is 12.5. The van der Waals surface area contributed by atoms with Crippen molar-refractivity contribution in [1.82, 2.24) is 5.32 Å². The van der Waals surface area contributed by atoms with Crippen molar-refractivity contribution in [2.24, 2.45) is 17.3 Å². The standard InChI is InChI=1S/C16H22ClN/c1-18-11-16(10-13-5-6-14(16)7-13)9-12-3-2-4-15(17)8-12/h2-4,8,13-14,18H,5-7,9-11H2,1H3. The zero-order valence-corrected chi connectivity index (χ0v) is 11.8. The molecule has 2 aliphatic carbocycles. The molecule has 2 heteroatoms. The van der Waals surface area contributed by atoms with Crippen molar-refractivity contribution in [3.8, 4) is 0 Å². The lowest BCUT2D eigenvalue weighted by molar-refractivity contribution is 0.160. The van der Waals surface area contributed by atoms with Crippen molar-refractivity contribution in [2.75, 3.05) is 13.6 Å². The lowest BCUT2D eigenvalue weighted by Gasteiger charge is -2.38. The second-order valence-electron chi connectivity index (χ2n) is 6.28. The Morgan fingerprint density at radius 3 is 2.89 bits per heavy atom. The molecule has 0 spiro atoms. The molecule has 3 unspecified atom stereocenters. The van der Waals surface area contributed by atoms with Gasteiger partial charge in [-0.3, -0.25) is 0 Å². The van der Waals surface area contributed by atoms with Crippen LogP contribution in [0.15, 0.2) is 24.3 Å². The summed E-state index contributed by atoms with van der Waals surface area (Å²) < 4.78 is 0. The maximum absolute atomic E-state index is 6.12. The van der Waals surface area contributed by atoms with E-state index in [1.807, 2.05) is 6.07 Å². The van der Waals surface area contributed by atoms with Crippen molar-refractivity contribution >= 4 is 11.6 Å². The molecule has 0 saturated heterocycles. The van der Waals surface area contributed by atoms with Crippen LogP contribution in [0.25, 0.3) is 0 Å². The minimum atomic E-state index is 0.488. The van der Waals surface area contributed by atoms with Crippen LogP contribution in [0.1, 0.15) is 31.2 Å². The van der Waals surface area contributed by atoms with Gasteiger partial charge < -0.3 is 5.32 Å². The number of nitrogens with one attached hydrogen (secondary N) is 1. The highest BCUT2D eigenvalue weighted by molar-refractivity contribution is 6.30. The van der Waals surface area contributed by atoms with E-state index in [4.69, 9.17) is 11.6 Å². The van der Waals surface area contributed by atoms with Gasteiger partial charge >= 0.3 is 0 Å². The van der Waals surface area contributed by atoms with Crippen molar-refractivity contribution in [2.45, 2.75) is 32.1 Å². The zero-order chi connectivity index (χ0) is 12.6. The Morgan fingerprint density at radius 1 is 1.39 bits per heavy atom. The second kappa shape index (κ2) is 4.86. The van der Waals surface area contributed by atoms with Crippen LogP contribution in [0.2, 0.25) is 5.02 Å². The number of benzene rings is 1. The van der Waals surface area contributed by atoms with Crippen LogP contribution in [0, 0.1) is 17.3 Å². The molecular weight excluding hydrogens is 242 g/mol. The SMILES string of the molecule is CNCC1(Cc2cccc(Cl)c2)CC2CCC1C2. The molecule has 0 amide bonds. The smallest absolute Gasteiger partial charge is 0.0408 e. The maximum Gasteiger partial charge on any atom is 0.0408 e. The van der Waals surface area contributed by atoms with Gasteiger partial charge in [-0.1, -0.05) is 30.2 Å². The summed E-state index contributed by atoms with van der Waals surface area (Å²) in [5.74, 6) is 1.91. The van der Waals surface area contributed by atoms with Gasteiger partial charge in [-0.25, -0.2) is 0 Å². The lowest BCUT2D eigenvalue weighted by Crippen LogP contribution is -2.39. The molecule has 18 heavy (non-hydrogen) atoms. The van der Waals surface area contributed by atoms with Gasteiger partial charge in [0, 0.05) is 11.6 Å². The number of rotatable bonds is 4. The summed E-state index contributed by atoms with van der Waals surface area (Å²) in [6, 6.07) is 8.43. The van der Waals surface area contributed by atoms with Crippen LogP contribution in [0.3, 0.4) is 0 Å². The Labute approximate surface area is 115 Å². The van der Waals surface area contributed by atoms with Crippen molar-refractivity contribution < 1.29 is 0 Å². The Balaban J connectivity index is 1.83. The van der Waals surface area contributed by atoms with E-state index in [0.29, 0.717) is 5.41 Å². The third-order valence-corrected chi connectivity index (χ3v) is 5.31. The van der Waals surface area contributed by atoms with Gasteiger partial charge in [0.25, 0.3) is 0 Å². The van der Waals surface area contributed by atoms with Gasteiger partial charge in [-0.15, -0.1) is 0 Å². The van der Waals surface area contributed by atoms with Gasteiger partial charge in [0.2, 0.25) is 0 Å². The van der Waals surface area contributed by atoms with Crippen LogP contribution in [0.4, 0.5) is 0 Å². The molecule has 1 aromatic rings. The quantitative estimate of drug-likeness (QED) is 0.869. The third kappa shape index (κ3) is 2.19. The van der Waals surface area contributed by atoms with E-state index in [1.165, 1.54) is 37.7 Å². The van der Waals surface area contributed by atoms with Gasteiger partial charge in [0.15, 0.2) is 0 Å². The molecule has 0 heterocycles. The molecular formula is C16H22ClN. The first-order valence-corrected chi connectivity index (χ1v) is 7.49. The van der Waals surface area contributed by atoms with Crippen LogP contribution in [-0.4, -0.2) is 13.6 Å². The molecule has 3 atom stereocenters. The molecule has 3 rings (SSSR count). The molecule has 1 N–H and O–H groups in total. The minimum Gasteiger partial charge on any atom is -0.319 e. The van der Waals surface area contributed by atoms with Crippen LogP contribution in [-0.2, 0) is 6.42 Å². The van der Waals surface area contributed by atoms with E-state index in [2.05, 4.69) is 30.6 Å². The molecule has 2 saturated carbocycles. The fourth-order valence-corrected chi connectivity index (χ4v) is 4.67. The highest BCUT2D eigenvalue weighted by Gasteiger charge is 2.50. The maximum atomic E-state index is 6.12.